The highest BCUT2D eigenvalue weighted by Gasteiger charge is 2.10. The fourth-order valence-electron chi connectivity index (χ4n) is 2.81. The molecule has 0 N–H and O–H groups in total. The molecule has 0 bridgehead atoms. The van der Waals surface area contributed by atoms with Gasteiger partial charge in [0.1, 0.15) is 5.82 Å². The second-order valence-electron chi connectivity index (χ2n) is 6.05. The highest BCUT2D eigenvalue weighted by atomic mass is 35.5. The number of rotatable bonds is 5. The van der Waals surface area contributed by atoms with Crippen LogP contribution in [-0.4, -0.2) is 22.3 Å². The second-order valence-corrected chi connectivity index (χ2v) is 6.46. The average Bonchev–Trinajstić information content (AvgIpc) is 3.14. The van der Waals surface area contributed by atoms with E-state index in [1.54, 1.807) is 25.3 Å². The molecule has 0 saturated carbocycles. The normalized spacial score (nSPS) is 11.4. The van der Waals surface area contributed by atoms with Gasteiger partial charge in [-0.15, -0.1) is 10.2 Å². The standard InChI is InChI=1S/C21H15ClFN3O2/c1-27-18-9-7-14-3-2-4-15(21(14)24-18)11-20-26-25-19(28-20)10-6-13-5-8-16(23)12-17(13)22/h2-10,12H,11H2,1H3/b10-6+. The molecule has 0 aliphatic heterocycles. The van der Waals surface area contributed by atoms with Gasteiger partial charge < -0.3 is 9.15 Å². The summed E-state index contributed by atoms with van der Waals surface area (Å²) in [6.45, 7) is 0. The number of benzene rings is 2. The van der Waals surface area contributed by atoms with Gasteiger partial charge in [-0.25, -0.2) is 9.37 Å². The summed E-state index contributed by atoms with van der Waals surface area (Å²) in [4.78, 5) is 4.52. The molecule has 0 radical (unpaired) electrons. The van der Waals surface area contributed by atoms with Crippen LogP contribution in [0.15, 0.2) is 52.9 Å². The Morgan fingerprint density at radius 3 is 2.82 bits per heavy atom. The molecule has 2 aromatic carbocycles. The minimum atomic E-state index is -0.387. The van der Waals surface area contributed by atoms with Crippen LogP contribution in [0.5, 0.6) is 5.88 Å². The maximum Gasteiger partial charge on any atom is 0.240 e. The summed E-state index contributed by atoms with van der Waals surface area (Å²) in [6.07, 6.45) is 3.78. The van der Waals surface area contributed by atoms with Crippen LogP contribution in [0.4, 0.5) is 4.39 Å². The number of hydrogen-bond acceptors (Lipinski definition) is 5. The molecule has 0 saturated heterocycles. The van der Waals surface area contributed by atoms with Crippen LogP contribution in [0.1, 0.15) is 22.9 Å². The number of halogens is 2. The molecule has 0 amide bonds. The molecule has 4 rings (SSSR count). The van der Waals surface area contributed by atoms with Gasteiger partial charge in [0.15, 0.2) is 0 Å². The molecule has 2 heterocycles. The Bertz CT molecular complexity index is 1170. The third-order valence-corrected chi connectivity index (χ3v) is 4.51. The van der Waals surface area contributed by atoms with E-state index in [-0.39, 0.29) is 5.82 Å². The molecule has 140 valence electrons. The van der Waals surface area contributed by atoms with Crippen LogP contribution in [0.2, 0.25) is 5.02 Å². The molecule has 5 nitrogen and oxygen atoms in total. The zero-order chi connectivity index (χ0) is 19.5. The van der Waals surface area contributed by atoms with Gasteiger partial charge in [0, 0.05) is 17.5 Å². The van der Waals surface area contributed by atoms with Gasteiger partial charge in [0.25, 0.3) is 0 Å². The van der Waals surface area contributed by atoms with Gasteiger partial charge in [0.2, 0.25) is 17.7 Å². The first-order valence-corrected chi connectivity index (χ1v) is 8.88. The molecule has 0 aliphatic carbocycles. The molecular weight excluding hydrogens is 381 g/mol. The van der Waals surface area contributed by atoms with E-state index in [9.17, 15) is 4.39 Å². The van der Waals surface area contributed by atoms with Crippen molar-refractivity contribution in [2.24, 2.45) is 0 Å². The fourth-order valence-corrected chi connectivity index (χ4v) is 3.04. The smallest absolute Gasteiger partial charge is 0.240 e. The fraction of sp³-hybridized carbons (Fsp3) is 0.0952. The van der Waals surface area contributed by atoms with Crippen molar-refractivity contribution in [1.82, 2.24) is 15.2 Å². The summed E-state index contributed by atoms with van der Waals surface area (Å²) >= 11 is 6.01. The lowest BCUT2D eigenvalue weighted by atomic mass is 10.1. The number of nitrogens with zero attached hydrogens (tertiary/aromatic N) is 3. The number of ether oxygens (including phenoxy) is 1. The van der Waals surface area contributed by atoms with Gasteiger partial charge in [-0.2, -0.15) is 0 Å². The van der Waals surface area contributed by atoms with E-state index in [0.717, 1.165) is 16.5 Å². The van der Waals surface area contributed by atoms with E-state index in [1.165, 1.54) is 12.1 Å². The molecular formula is C21H15ClFN3O2. The highest BCUT2D eigenvalue weighted by molar-refractivity contribution is 6.32. The van der Waals surface area contributed by atoms with Crippen molar-refractivity contribution < 1.29 is 13.5 Å². The average molecular weight is 396 g/mol. The maximum atomic E-state index is 13.1. The number of aromatic nitrogens is 3. The molecule has 7 heteroatoms. The van der Waals surface area contributed by atoms with Gasteiger partial charge in [0.05, 0.1) is 24.1 Å². The predicted octanol–water partition coefficient (Wildman–Crippen LogP) is 5.18. The van der Waals surface area contributed by atoms with Gasteiger partial charge >= 0.3 is 0 Å². The first-order valence-electron chi connectivity index (χ1n) is 8.50. The first kappa shape index (κ1) is 18.1. The zero-order valence-corrected chi connectivity index (χ0v) is 15.7. The van der Waals surface area contributed by atoms with Crippen LogP contribution < -0.4 is 4.74 Å². The van der Waals surface area contributed by atoms with Crippen LogP contribution in [-0.2, 0) is 6.42 Å². The summed E-state index contributed by atoms with van der Waals surface area (Å²) in [5.74, 6) is 0.955. The molecule has 0 fully saturated rings. The molecule has 2 aromatic heterocycles. The molecule has 28 heavy (non-hydrogen) atoms. The van der Waals surface area contributed by atoms with Crippen LogP contribution >= 0.6 is 11.6 Å². The summed E-state index contributed by atoms with van der Waals surface area (Å²) in [5.41, 5.74) is 2.44. The monoisotopic (exact) mass is 395 g/mol. The van der Waals surface area contributed by atoms with Crippen molar-refractivity contribution in [2.75, 3.05) is 7.11 Å². The minimum absolute atomic E-state index is 0.312. The van der Waals surface area contributed by atoms with Crippen LogP contribution in [0.3, 0.4) is 0 Å². The summed E-state index contributed by atoms with van der Waals surface area (Å²) in [5, 5.41) is 9.43. The molecule has 0 atom stereocenters. The van der Waals surface area contributed by atoms with Gasteiger partial charge in [-0.05, 0) is 35.4 Å². The van der Waals surface area contributed by atoms with Gasteiger partial charge in [-0.1, -0.05) is 35.9 Å². The quantitative estimate of drug-likeness (QED) is 0.466. The minimum Gasteiger partial charge on any atom is -0.481 e. The molecule has 4 aromatic rings. The first-order chi connectivity index (χ1) is 13.6. The Morgan fingerprint density at radius 2 is 2.00 bits per heavy atom. The van der Waals surface area contributed by atoms with Crippen molar-refractivity contribution >= 4 is 34.7 Å². The maximum absolute atomic E-state index is 13.1. The highest BCUT2D eigenvalue weighted by Crippen LogP contribution is 2.23. The van der Waals surface area contributed by atoms with Gasteiger partial charge in [-0.3, -0.25) is 0 Å². The number of para-hydroxylation sites is 1. The predicted molar refractivity (Wildman–Crippen MR) is 106 cm³/mol. The Balaban J connectivity index is 1.57. The SMILES string of the molecule is COc1ccc2cccc(Cc3nnc(/C=C/c4ccc(F)cc4Cl)o3)c2n1. The van der Waals surface area contributed by atoms with Crippen molar-refractivity contribution in [3.8, 4) is 5.88 Å². The number of pyridine rings is 1. The zero-order valence-electron chi connectivity index (χ0n) is 14.9. The molecule has 0 aliphatic rings. The summed E-state index contributed by atoms with van der Waals surface area (Å²) < 4.78 is 24.0. The largest absolute Gasteiger partial charge is 0.481 e. The Morgan fingerprint density at radius 1 is 1.11 bits per heavy atom. The number of fused-ring (bicyclic) bond motifs is 1. The van der Waals surface area contributed by atoms with Crippen molar-refractivity contribution in [3.63, 3.8) is 0 Å². The Hall–Kier alpha value is -3.25. The number of methoxy groups -OCH3 is 1. The van der Waals surface area contributed by atoms with Crippen LogP contribution in [0.25, 0.3) is 23.1 Å². The second kappa shape index (κ2) is 7.78. The lowest BCUT2D eigenvalue weighted by molar-refractivity contribution is 0.399. The third-order valence-electron chi connectivity index (χ3n) is 4.18. The molecule has 0 spiro atoms. The van der Waals surface area contributed by atoms with E-state index < -0.39 is 0 Å². The van der Waals surface area contributed by atoms with Crippen LogP contribution in [0, 0.1) is 5.82 Å². The Labute approximate surface area is 165 Å². The van der Waals surface area contributed by atoms with E-state index >= 15 is 0 Å². The third kappa shape index (κ3) is 3.87. The summed E-state index contributed by atoms with van der Waals surface area (Å²) in [7, 11) is 1.58. The van der Waals surface area contributed by atoms with Crippen molar-refractivity contribution in [3.05, 3.63) is 82.3 Å². The molecule has 0 unspecified atom stereocenters. The number of hydrogen-bond donors (Lipinski definition) is 0. The Kier molecular flexibility index (Phi) is 5.04. The topological polar surface area (TPSA) is 61.0 Å². The summed E-state index contributed by atoms with van der Waals surface area (Å²) in [6, 6.07) is 13.9. The van der Waals surface area contributed by atoms with E-state index in [4.69, 9.17) is 20.8 Å². The van der Waals surface area contributed by atoms with Crippen molar-refractivity contribution in [2.45, 2.75) is 6.42 Å². The van der Waals surface area contributed by atoms with E-state index in [1.807, 2.05) is 30.3 Å². The van der Waals surface area contributed by atoms with E-state index in [0.29, 0.717) is 34.7 Å². The van der Waals surface area contributed by atoms with E-state index in [2.05, 4.69) is 15.2 Å². The lowest BCUT2D eigenvalue weighted by Gasteiger charge is -2.05. The lowest BCUT2D eigenvalue weighted by Crippen LogP contribution is -1.94. The van der Waals surface area contributed by atoms with Crippen molar-refractivity contribution in [1.29, 1.82) is 0 Å².